The molecule has 6 heavy (non-hydrogen) atoms. The first kappa shape index (κ1) is 9.48. The van der Waals surface area contributed by atoms with Gasteiger partial charge in [0.05, 0.1) is 0 Å². The van der Waals surface area contributed by atoms with Crippen LogP contribution in [0.4, 0.5) is 0 Å². The molecule has 0 aromatic carbocycles. The predicted octanol–water partition coefficient (Wildman–Crippen LogP) is -1.19. The van der Waals surface area contributed by atoms with Gasteiger partial charge in [0.2, 0.25) is 0 Å². The van der Waals surface area contributed by atoms with Crippen LogP contribution < -0.4 is 6.15 Å². The third-order valence-corrected chi connectivity index (χ3v) is 0. The van der Waals surface area contributed by atoms with Crippen LogP contribution in [0.25, 0.3) is 0 Å². The Bertz CT molecular complexity index is 90.7. The van der Waals surface area contributed by atoms with E-state index in [9.17, 15) is 0 Å². The molecule has 0 bridgehead atoms. The fraction of sp³-hybridized carbons (Fsp3) is 0. The van der Waals surface area contributed by atoms with E-state index in [2.05, 4.69) is 0 Å². The molecule has 6 heteroatoms. The molecular formula is H5MoNO4. The summed E-state index contributed by atoms with van der Waals surface area (Å²) in [5.41, 5.74) is 0. The molecule has 0 atom stereocenters. The molecule has 0 aliphatic carbocycles. The van der Waals surface area contributed by atoms with Crippen molar-refractivity contribution in [2.24, 2.45) is 0 Å². The van der Waals surface area contributed by atoms with Gasteiger partial charge in [-0.25, -0.2) is 0 Å². The third-order valence-electron chi connectivity index (χ3n) is 0. The van der Waals surface area contributed by atoms with Crippen molar-refractivity contribution in [2.75, 3.05) is 0 Å². The van der Waals surface area contributed by atoms with Crippen LogP contribution in [0, 0.1) is 0 Å². The summed E-state index contributed by atoms with van der Waals surface area (Å²) in [6.07, 6.45) is 0. The molecule has 0 saturated heterocycles. The minimum atomic E-state index is -5.52. The van der Waals surface area contributed by atoms with Crippen LogP contribution in [-0.4, -0.2) is 7.52 Å². The molecule has 0 aromatic heterocycles. The standard InChI is InChI=1S/Mo.H3N.2H2O.2O/h;1H3;2*1H2;;/q+2;;;;;/p-2. The van der Waals surface area contributed by atoms with E-state index in [1.807, 2.05) is 0 Å². The molecular weight excluding hydrogens is 174 g/mol. The molecule has 0 radical (unpaired) electrons. The van der Waals surface area contributed by atoms with Crippen LogP contribution in [0.5, 0.6) is 0 Å². The molecule has 0 amide bonds. The van der Waals surface area contributed by atoms with Gasteiger partial charge in [-0.2, -0.15) is 0 Å². The second-order valence-electron chi connectivity index (χ2n) is 0.448. The molecule has 0 saturated carbocycles. The second kappa shape index (κ2) is 2.36. The molecule has 0 spiro atoms. The number of hydrogen-bond donors (Lipinski definition) is 3. The number of rotatable bonds is 0. The van der Waals surface area contributed by atoms with Crippen molar-refractivity contribution in [3.8, 4) is 0 Å². The topological polar surface area (TPSA) is 110 Å². The number of hydrogen-bond acceptors (Lipinski definition) is 3. The van der Waals surface area contributed by atoms with Crippen molar-refractivity contribution >= 4 is 0 Å². The van der Waals surface area contributed by atoms with E-state index >= 15 is 0 Å². The zero-order valence-corrected chi connectivity index (χ0v) is 4.83. The summed E-state index contributed by atoms with van der Waals surface area (Å²) < 4.78 is 32.0. The van der Waals surface area contributed by atoms with E-state index in [1.165, 1.54) is 0 Å². The van der Waals surface area contributed by atoms with Crippen LogP contribution in [-0.2, 0) is 23.5 Å². The van der Waals surface area contributed by atoms with Gasteiger partial charge in [0, 0.05) is 0 Å². The summed E-state index contributed by atoms with van der Waals surface area (Å²) in [5.74, 6) is 0. The van der Waals surface area contributed by atoms with Crippen LogP contribution in [0.15, 0.2) is 0 Å². The van der Waals surface area contributed by atoms with Gasteiger partial charge in [-0.15, -0.1) is 0 Å². The van der Waals surface area contributed by atoms with Crippen molar-refractivity contribution in [2.45, 2.75) is 0 Å². The second-order valence-corrected chi connectivity index (χ2v) is 2.65. The van der Waals surface area contributed by atoms with Crippen molar-refractivity contribution in [3.63, 3.8) is 0 Å². The van der Waals surface area contributed by atoms with Gasteiger partial charge in [0.1, 0.15) is 0 Å². The van der Waals surface area contributed by atoms with Gasteiger partial charge < -0.3 is 6.15 Å². The SMILES string of the molecule is N.[O]=[Mo](=[O])([OH])[OH]. The maximum absolute atomic E-state index is 8.85. The molecule has 0 aliphatic heterocycles. The normalized spacial score (nSPS) is 9.67. The van der Waals surface area contributed by atoms with Gasteiger partial charge >= 0.3 is 31.1 Å². The van der Waals surface area contributed by atoms with Gasteiger partial charge in [0.25, 0.3) is 0 Å². The molecule has 0 heterocycles. The Balaban J connectivity index is 0. The molecule has 0 aromatic rings. The van der Waals surface area contributed by atoms with E-state index < -0.39 is 16.7 Å². The van der Waals surface area contributed by atoms with Crippen molar-refractivity contribution in [3.05, 3.63) is 0 Å². The van der Waals surface area contributed by atoms with Gasteiger partial charge in [-0.1, -0.05) is 0 Å². The predicted molar refractivity (Wildman–Crippen MR) is 10.8 cm³/mol. The van der Waals surface area contributed by atoms with E-state index in [1.54, 1.807) is 0 Å². The Labute approximate surface area is 37.9 Å². The Morgan fingerprint density at radius 1 is 1.17 bits per heavy atom. The Kier molecular flexibility index (Phi) is 3.73. The van der Waals surface area contributed by atoms with Crippen LogP contribution >= 0.6 is 0 Å². The molecule has 5 nitrogen and oxygen atoms in total. The quantitative estimate of drug-likeness (QED) is 0.405. The Hall–Kier alpha value is 0.168. The summed E-state index contributed by atoms with van der Waals surface area (Å²) >= 11 is -5.52. The summed E-state index contributed by atoms with van der Waals surface area (Å²) in [4.78, 5) is 0. The molecule has 0 unspecified atom stereocenters. The first-order chi connectivity index (χ1) is 2.00. The van der Waals surface area contributed by atoms with Crippen molar-refractivity contribution in [1.82, 2.24) is 6.15 Å². The third kappa shape index (κ3) is 1480. The van der Waals surface area contributed by atoms with Crippen LogP contribution in [0.3, 0.4) is 0 Å². The zero-order valence-electron chi connectivity index (χ0n) is 2.83. The molecule has 0 rings (SSSR count). The monoisotopic (exact) mass is 181 g/mol. The first-order valence-electron chi connectivity index (χ1n) is 0.698. The van der Waals surface area contributed by atoms with Gasteiger partial charge in [0.15, 0.2) is 0 Å². The van der Waals surface area contributed by atoms with Crippen LogP contribution in [0.2, 0.25) is 0 Å². The van der Waals surface area contributed by atoms with Crippen LogP contribution in [0.1, 0.15) is 0 Å². The summed E-state index contributed by atoms with van der Waals surface area (Å²) in [6.45, 7) is 0. The van der Waals surface area contributed by atoms with Crippen molar-refractivity contribution in [1.29, 1.82) is 0 Å². The van der Waals surface area contributed by atoms with Gasteiger partial charge in [-0.3, -0.25) is 0 Å². The molecule has 40 valence electrons. The fourth-order valence-electron chi connectivity index (χ4n) is 0. The average Bonchev–Trinajstić information content (AvgIpc) is 0.722. The minimum absolute atomic E-state index is 0. The van der Waals surface area contributed by atoms with E-state index in [0.29, 0.717) is 0 Å². The molecule has 5 N–H and O–H groups in total. The Morgan fingerprint density at radius 2 is 1.17 bits per heavy atom. The molecule has 0 aliphatic rings. The maximum atomic E-state index is 8.85. The Morgan fingerprint density at radius 3 is 1.17 bits per heavy atom. The summed E-state index contributed by atoms with van der Waals surface area (Å²) in [5, 5.41) is 0. The zero-order chi connectivity index (χ0) is 4.50. The van der Waals surface area contributed by atoms with Crippen molar-refractivity contribution < 1.29 is 31.1 Å². The summed E-state index contributed by atoms with van der Waals surface area (Å²) in [6, 6.07) is 0. The summed E-state index contributed by atoms with van der Waals surface area (Å²) in [7, 11) is 0. The molecule has 0 fully saturated rings. The van der Waals surface area contributed by atoms with E-state index in [4.69, 9.17) is 14.3 Å². The van der Waals surface area contributed by atoms with E-state index in [0.717, 1.165) is 0 Å². The van der Waals surface area contributed by atoms with Gasteiger partial charge in [-0.05, 0) is 0 Å². The fourth-order valence-corrected chi connectivity index (χ4v) is 0. The van der Waals surface area contributed by atoms with E-state index in [-0.39, 0.29) is 6.15 Å². The average molecular weight is 179 g/mol. The first-order valence-corrected chi connectivity index (χ1v) is 4.13.